The quantitative estimate of drug-likeness (QED) is 0.755. The van der Waals surface area contributed by atoms with Crippen LogP contribution < -0.4 is 9.47 Å². The number of halogens is 1. The van der Waals surface area contributed by atoms with Gasteiger partial charge in [-0.05, 0) is 18.6 Å². The van der Waals surface area contributed by atoms with Crippen molar-refractivity contribution in [2.45, 2.75) is 13.3 Å². The van der Waals surface area contributed by atoms with Crippen molar-refractivity contribution in [3.05, 3.63) is 22.2 Å². The second kappa shape index (κ2) is 3.58. The molecule has 1 aromatic carbocycles. The molecular weight excluding hydrogens is 232 g/mol. The molecular formula is C10H11BrO2. The fourth-order valence-electron chi connectivity index (χ4n) is 1.48. The van der Waals surface area contributed by atoms with Crippen molar-refractivity contribution in [2.24, 2.45) is 0 Å². The maximum Gasteiger partial charge on any atom is 0.165 e. The van der Waals surface area contributed by atoms with Gasteiger partial charge in [0.05, 0.1) is 0 Å². The lowest BCUT2D eigenvalue weighted by Crippen LogP contribution is -2.16. The van der Waals surface area contributed by atoms with Crippen LogP contribution in [0.1, 0.15) is 12.5 Å². The van der Waals surface area contributed by atoms with E-state index in [0.717, 1.165) is 22.4 Å². The molecule has 0 atom stereocenters. The highest BCUT2D eigenvalue weighted by Gasteiger charge is 2.16. The summed E-state index contributed by atoms with van der Waals surface area (Å²) in [5, 5.41) is 0. The molecule has 0 saturated heterocycles. The van der Waals surface area contributed by atoms with Gasteiger partial charge < -0.3 is 9.47 Å². The van der Waals surface area contributed by atoms with Crippen LogP contribution in [0.25, 0.3) is 0 Å². The van der Waals surface area contributed by atoms with E-state index < -0.39 is 0 Å². The Balaban J connectivity index is 2.52. The molecule has 0 spiro atoms. The van der Waals surface area contributed by atoms with Gasteiger partial charge in [-0.2, -0.15) is 0 Å². The molecule has 1 aliphatic rings. The summed E-state index contributed by atoms with van der Waals surface area (Å²) in [5.41, 5.74) is 1.19. The second-order valence-corrected chi connectivity index (χ2v) is 3.76. The number of rotatable bonds is 1. The molecule has 1 heterocycles. The third-order valence-corrected chi connectivity index (χ3v) is 2.85. The highest BCUT2D eigenvalue weighted by molar-refractivity contribution is 9.10. The van der Waals surface area contributed by atoms with Gasteiger partial charge in [-0.3, -0.25) is 0 Å². The molecule has 0 saturated carbocycles. The molecule has 0 N–H and O–H groups in total. The topological polar surface area (TPSA) is 18.5 Å². The summed E-state index contributed by atoms with van der Waals surface area (Å²) in [6.45, 7) is 3.41. The maximum atomic E-state index is 5.57. The fourth-order valence-corrected chi connectivity index (χ4v) is 2.07. The molecule has 3 heteroatoms. The minimum Gasteiger partial charge on any atom is -0.486 e. The van der Waals surface area contributed by atoms with Gasteiger partial charge in [-0.25, -0.2) is 0 Å². The first-order valence-corrected chi connectivity index (χ1v) is 5.19. The molecule has 1 aromatic rings. The predicted molar refractivity (Wildman–Crippen MR) is 54.5 cm³/mol. The second-order valence-electron chi connectivity index (χ2n) is 2.90. The molecule has 0 amide bonds. The van der Waals surface area contributed by atoms with Crippen LogP contribution in [-0.2, 0) is 6.42 Å². The molecule has 13 heavy (non-hydrogen) atoms. The summed E-state index contributed by atoms with van der Waals surface area (Å²) in [7, 11) is 0. The Morgan fingerprint density at radius 3 is 2.85 bits per heavy atom. The van der Waals surface area contributed by atoms with Crippen LogP contribution in [0.4, 0.5) is 0 Å². The molecule has 2 nitrogen and oxygen atoms in total. The molecule has 0 radical (unpaired) electrons. The van der Waals surface area contributed by atoms with Crippen LogP contribution >= 0.6 is 15.9 Å². The van der Waals surface area contributed by atoms with Gasteiger partial charge in [0.15, 0.2) is 11.5 Å². The first kappa shape index (κ1) is 8.88. The zero-order valence-electron chi connectivity index (χ0n) is 7.47. The minimum absolute atomic E-state index is 0.649. The fraction of sp³-hybridized carbons (Fsp3) is 0.400. The number of benzene rings is 1. The smallest absolute Gasteiger partial charge is 0.165 e. The van der Waals surface area contributed by atoms with E-state index in [1.807, 2.05) is 12.1 Å². The van der Waals surface area contributed by atoms with Crippen molar-refractivity contribution in [3.63, 3.8) is 0 Å². The molecule has 1 aliphatic heterocycles. The summed E-state index contributed by atoms with van der Waals surface area (Å²) in [6.07, 6.45) is 0.952. The van der Waals surface area contributed by atoms with Crippen molar-refractivity contribution in [1.82, 2.24) is 0 Å². The summed E-state index contributed by atoms with van der Waals surface area (Å²) >= 11 is 3.50. The summed E-state index contributed by atoms with van der Waals surface area (Å²) in [4.78, 5) is 0. The van der Waals surface area contributed by atoms with E-state index in [9.17, 15) is 0 Å². The van der Waals surface area contributed by atoms with Crippen molar-refractivity contribution in [2.75, 3.05) is 13.2 Å². The average Bonchev–Trinajstić information content (AvgIpc) is 2.18. The van der Waals surface area contributed by atoms with Crippen LogP contribution in [0.2, 0.25) is 0 Å². The Morgan fingerprint density at radius 1 is 1.31 bits per heavy atom. The first-order valence-electron chi connectivity index (χ1n) is 4.40. The highest BCUT2D eigenvalue weighted by atomic mass is 79.9. The van der Waals surface area contributed by atoms with E-state index in [2.05, 4.69) is 22.9 Å². The van der Waals surface area contributed by atoms with Gasteiger partial charge in [0, 0.05) is 10.0 Å². The van der Waals surface area contributed by atoms with Gasteiger partial charge in [0.25, 0.3) is 0 Å². The number of hydrogen-bond acceptors (Lipinski definition) is 2. The number of ether oxygens (including phenoxy) is 2. The lowest BCUT2D eigenvalue weighted by molar-refractivity contribution is 0.170. The average molecular weight is 243 g/mol. The van der Waals surface area contributed by atoms with Crippen LogP contribution in [0.3, 0.4) is 0 Å². The van der Waals surface area contributed by atoms with E-state index in [1.54, 1.807) is 0 Å². The SMILES string of the molecule is CCc1c(Br)ccc2c1OCCO2. The molecule has 0 unspecified atom stereocenters. The molecule has 70 valence electrons. The minimum atomic E-state index is 0.649. The molecule has 0 fully saturated rings. The third-order valence-electron chi connectivity index (χ3n) is 2.11. The maximum absolute atomic E-state index is 5.57. The van der Waals surface area contributed by atoms with Crippen LogP contribution in [-0.4, -0.2) is 13.2 Å². The molecule has 0 bridgehead atoms. The zero-order chi connectivity index (χ0) is 9.26. The Morgan fingerprint density at radius 2 is 2.08 bits per heavy atom. The highest BCUT2D eigenvalue weighted by Crippen LogP contribution is 2.38. The van der Waals surface area contributed by atoms with Crippen LogP contribution in [0, 0.1) is 0 Å². The molecule has 2 rings (SSSR count). The molecule has 0 aromatic heterocycles. The third kappa shape index (κ3) is 1.53. The van der Waals surface area contributed by atoms with E-state index >= 15 is 0 Å². The van der Waals surface area contributed by atoms with Crippen molar-refractivity contribution < 1.29 is 9.47 Å². The number of hydrogen-bond donors (Lipinski definition) is 0. The number of fused-ring (bicyclic) bond motifs is 1. The first-order chi connectivity index (χ1) is 6.33. The lowest BCUT2D eigenvalue weighted by atomic mass is 10.1. The van der Waals surface area contributed by atoms with E-state index in [-0.39, 0.29) is 0 Å². The monoisotopic (exact) mass is 242 g/mol. The van der Waals surface area contributed by atoms with E-state index in [1.165, 1.54) is 5.56 Å². The predicted octanol–water partition coefficient (Wildman–Crippen LogP) is 2.78. The standard InChI is InChI=1S/C10H11BrO2/c1-2-7-8(11)3-4-9-10(7)13-6-5-12-9/h3-4H,2,5-6H2,1H3. The Hall–Kier alpha value is -0.700. The summed E-state index contributed by atoms with van der Waals surface area (Å²) in [5.74, 6) is 1.77. The summed E-state index contributed by atoms with van der Waals surface area (Å²) < 4.78 is 12.1. The van der Waals surface area contributed by atoms with Crippen LogP contribution in [0.15, 0.2) is 16.6 Å². The normalized spacial score (nSPS) is 14.3. The van der Waals surface area contributed by atoms with E-state index in [4.69, 9.17) is 9.47 Å². The van der Waals surface area contributed by atoms with Gasteiger partial charge in [-0.1, -0.05) is 22.9 Å². The largest absolute Gasteiger partial charge is 0.486 e. The van der Waals surface area contributed by atoms with Gasteiger partial charge >= 0.3 is 0 Å². The zero-order valence-corrected chi connectivity index (χ0v) is 9.06. The molecule has 0 aliphatic carbocycles. The van der Waals surface area contributed by atoms with Gasteiger partial charge in [0.1, 0.15) is 13.2 Å². The van der Waals surface area contributed by atoms with Crippen molar-refractivity contribution >= 4 is 15.9 Å². The Labute approximate surface area is 86.0 Å². The Kier molecular flexibility index (Phi) is 2.44. The van der Waals surface area contributed by atoms with Crippen molar-refractivity contribution in [1.29, 1.82) is 0 Å². The van der Waals surface area contributed by atoms with Crippen molar-refractivity contribution in [3.8, 4) is 11.5 Å². The Bertz CT molecular complexity index is 323. The van der Waals surface area contributed by atoms with E-state index in [0.29, 0.717) is 13.2 Å². The summed E-state index contributed by atoms with van der Waals surface area (Å²) in [6, 6.07) is 3.95. The lowest BCUT2D eigenvalue weighted by Gasteiger charge is -2.21. The van der Waals surface area contributed by atoms with Gasteiger partial charge in [-0.15, -0.1) is 0 Å². The van der Waals surface area contributed by atoms with Crippen LogP contribution in [0.5, 0.6) is 11.5 Å². The van der Waals surface area contributed by atoms with Gasteiger partial charge in [0.2, 0.25) is 0 Å².